The monoisotopic (exact) mass is 430 g/mol. The maximum atomic E-state index is 7.07. The molecule has 0 unspecified atom stereocenters. The van der Waals surface area contributed by atoms with E-state index in [0.29, 0.717) is 0 Å². The molecule has 164 valence electrons. The normalized spacial score (nSPS) is 11.7. The van der Waals surface area contributed by atoms with E-state index in [9.17, 15) is 0 Å². The predicted molar refractivity (Wildman–Crippen MR) is 144 cm³/mol. The van der Waals surface area contributed by atoms with Gasteiger partial charge in [-0.3, -0.25) is 0 Å². The van der Waals surface area contributed by atoms with E-state index in [2.05, 4.69) is 97.1 Å². The van der Waals surface area contributed by atoms with E-state index < -0.39 is 10.9 Å². The minimum atomic E-state index is -0.485. The Morgan fingerprint density at radius 1 is 0.424 bits per heavy atom. The van der Waals surface area contributed by atoms with E-state index in [-0.39, 0.29) is 0 Å². The van der Waals surface area contributed by atoms with Crippen LogP contribution in [0.5, 0.6) is 0 Å². The molecule has 0 aliphatic rings. The van der Waals surface area contributed by atoms with Crippen LogP contribution in [-0.2, 0) is 10.9 Å². The highest BCUT2D eigenvalue weighted by Crippen LogP contribution is 2.29. The Labute approximate surface area is 199 Å². The highest BCUT2D eigenvalue weighted by atomic mass is 14.7. The molecule has 0 aliphatic heterocycles. The lowest BCUT2D eigenvalue weighted by Gasteiger charge is -2.32. The van der Waals surface area contributed by atoms with Gasteiger partial charge in [0.15, 0.2) is 14.6 Å². The summed E-state index contributed by atoms with van der Waals surface area (Å²) < 4.78 is 0. The smallest absolute Gasteiger partial charge is 0.157 e. The van der Waals surface area contributed by atoms with Gasteiger partial charge >= 0.3 is 0 Å². The van der Waals surface area contributed by atoms with Gasteiger partial charge in [-0.2, -0.15) is 0 Å². The predicted octanol–water partition coefficient (Wildman–Crippen LogP) is 4.81. The first-order valence-corrected chi connectivity index (χ1v) is 11.9. The summed E-state index contributed by atoms with van der Waals surface area (Å²) in [4.78, 5) is 0. The molecule has 0 atom stereocenters. The Hall–Kier alpha value is -3.07. The molecule has 0 heterocycles. The minimum Gasteiger partial charge on any atom is -0.325 e. The van der Waals surface area contributed by atoms with Crippen molar-refractivity contribution in [2.75, 3.05) is 0 Å². The Bertz CT molecular complexity index is 933. The standard InChI is InChI=1S/C29H32B2N2/c32-28(24-14-5-1-6-15-24,25-16-7-2-8-17-25)30-22-13-23-31-29(33,26-18-9-3-10-19-26)27-20-11-4-12-21-27/h1-12,14-21,30-31H,13,22-23,32-33H2. The molecular formula is C29H32B2N2. The van der Waals surface area contributed by atoms with Gasteiger partial charge in [-0.05, 0) is 22.3 Å². The number of benzene rings is 4. The summed E-state index contributed by atoms with van der Waals surface area (Å²) in [6, 6.07) is 41.9. The molecular weight excluding hydrogens is 398 g/mol. The van der Waals surface area contributed by atoms with Crippen LogP contribution in [0.4, 0.5) is 0 Å². The first kappa shape index (κ1) is 23.1. The molecule has 2 nitrogen and oxygen atoms in total. The molecule has 4 heteroatoms. The van der Waals surface area contributed by atoms with Crippen molar-refractivity contribution >= 4 is 14.6 Å². The van der Waals surface area contributed by atoms with Crippen molar-refractivity contribution in [1.29, 1.82) is 0 Å². The van der Waals surface area contributed by atoms with Crippen LogP contribution in [0.15, 0.2) is 121 Å². The molecule has 4 rings (SSSR count). The highest BCUT2D eigenvalue weighted by Gasteiger charge is 2.32. The molecule has 4 N–H and O–H groups in total. The van der Waals surface area contributed by atoms with Gasteiger partial charge in [0.2, 0.25) is 0 Å². The zero-order valence-corrected chi connectivity index (χ0v) is 19.2. The molecule has 0 aliphatic carbocycles. The van der Waals surface area contributed by atoms with Crippen LogP contribution < -0.4 is 11.5 Å². The van der Waals surface area contributed by atoms with Gasteiger partial charge in [0.05, 0.1) is 0 Å². The molecule has 0 amide bonds. The van der Waals surface area contributed by atoms with E-state index in [0.717, 1.165) is 55.9 Å². The zero-order valence-electron chi connectivity index (χ0n) is 19.2. The Kier molecular flexibility index (Phi) is 7.49. The number of rotatable bonds is 10. The van der Waals surface area contributed by atoms with Gasteiger partial charge < -0.3 is 11.5 Å². The molecule has 0 radical (unpaired) electrons. The molecule has 0 spiro atoms. The summed E-state index contributed by atoms with van der Waals surface area (Å²) in [6.07, 6.45) is 3.16. The SMILES string of the molecule is NC(BCCCBC(N)(c1ccccc1)c1ccccc1)(c1ccccc1)c1ccccc1. The molecule has 0 fully saturated rings. The van der Waals surface area contributed by atoms with E-state index in [1.807, 2.05) is 24.3 Å². The average Bonchev–Trinajstić information content (AvgIpc) is 2.90. The lowest BCUT2D eigenvalue weighted by Crippen LogP contribution is -2.45. The maximum absolute atomic E-state index is 7.07. The molecule has 4 aromatic rings. The van der Waals surface area contributed by atoms with Crippen LogP contribution >= 0.6 is 0 Å². The molecule has 4 aromatic carbocycles. The number of nitrogens with two attached hydrogens (primary N) is 2. The summed E-state index contributed by atoms with van der Waals surface area (Å²) in [5.74, 6) is 0. The van der Waals surface area contributed by atoms with Gasteiger partial charge in [-0.15, -0.1) is 0 Å². The van der Waals surface area contributed by atoms with Crippen molar-refractivity contribution in [3.63, 3.8) is 0 Å². The van der Waals surface area contributed by atoms with Crippen LogP contribution in [0.1, 0.15) is 28.7 Å². The largest absolute Gasteiger partial charge is 0.325 e. The third-order valence-corrected chi connectivity index (χ3v) is 6.80. The minimum absolute atomic E-state index is 0.485. The number of hydrogen-bond acceptors (Lipinski definition) is 2. The Morgan fingerprint density at radius 3 is 0.909 bits per heavy atom. The fourth-order valence-corrected chi connectivity index (χ4v) is 4.84. The second-order valence-electron chi connectivity index (χ2n) is 8.97. The average molecular weight is 430 g/mol. The second-order valence-corrected chi connectivity index (χ2v) is 8.97. The number of hydrogen-bond donors (Lipinski definition) is 2. The van der Waals surface area contributed by atoms with Crippen molar-refractivity contribution in [3.8, 4) is 0 Å². The van der Waals surface area contributed by atoms with E-state index in [4.69, 9.17) is 11.5 Å². The first-order chi connectivity index (χ1) is 16.1. The van der Waals surface area contributed by atoms with Gasteiger partial charge in [0.1, 0.15) is 0 Å². The van der Waals surface area contributed by atoms with Crippen LogP contribution in [0, 0.1) is 0 Å². The lowest BCUT2D eigenvalue weighted by atomic mass is 9.47. The van der Waals surface area contributed by atoms with E-state index >= 15 is 0 Å². The fourth-order valence-electron chi connectivity index (χ4n) is 4.84. The van der Waals surface area contributed by atoms with Crippen LogP contribution in [0.2, 0.25) is 12.6 Å². The van der Waals surface area contributed by atoms with Crippen molar-refractivity contribution in [2.24, 2.45) is 11.5 Å². The van der Waals surface area contributed by atoms with E-state index in [1.165, 1.54) is 0 Å². The maximum Gasteiger partial charge on any atom is 0.157 e. The quantitative estimate of drug-likeness (QED) is 0.281. The lowest BCUT2D eigenvalue weighted by molar-refractivity contribution is 0.742. The van der Waals surface area contributed by atoms with Crippen molar-refractivity contribution in [1.82, 2.24) is 0 Å². The summed E-state index contributed by atoms with van der Waals surface area (Å²) in [5.41, 5.74) is 17.8. The summed E-state index contributed by atoms with van der Waals surface area (Å²) >= 11 is 0. The van der Waals surface area contributed by atoms with Gasteiger partial charge in [0, 0.05) is 10.9 Å². The van der Waals surface area contributed by atoms with E-state index in [1.54, 1.807) is 0 Å². The summed E-state index contributed by atoms with van der Waals surface area (Å²) in [5, 5.41) is 0. The summed E-state index contributed by atoms with van der Waals surface area (Å²) in [6.45, 7) is 0. The van der Waals surface area contributed by atoms with Crippen LogP contribution in [-0.4, -0.2) is 14.6 Å². The topological polar surface area (TPSA) is 52.0 Å². The fraction of sp³-hybridized carbons (Fsp3) is 0.172. The van der Waals surface area contributed by atoms with Crippen LogP contribution in [0.3, 0.4) is 0 Å². The zero-order chi connectivity index (χ0) is 23.0. The molecule has 0 saturated heterocycles. The third kappa shape index (κ3) is 5.30. The van der Waals surface area contributed by atoms with Crippen molar-refractivity contribution in [3.05, 3.63) is 144 Å². The van der Waals surface area contributed by atoms with Crippen LogP contribution in [0.25, 0.3) is 0 Å². The Balaban J connectivity index is 1.45. The summed E-state index contributed by atoms with van der Waals surface area (Å²) in [7, 11) is 1.80. The first-order valence-electron chi connectivity index (χ1n) is 11.9. The molecule has 0 aromatic heterocycles. The Morgan fingerprint density at radius 2 is 0.667 bits per heavy atom. The van der Waals surface area contributed by atoms with Gasteiger partial charge in [0.25, 0.3) is 0 Å². The van der Waals surface area contributed by atoms with Crippen molar-refractivity contribution in [2.45, 2.75) is 29.9 Å². The van der Waals surface area contributed by atoms with Gasteiger partial charge in [-0.25, -0.2) is 0 Å². The third-order valence-electron chi connectivity index (χ3n) is 6.80. The highest BCUT2D eigenvalue weighted by molar-refractivity contribution is 6.43. The second kappa shape index (κ2) is 10.7. The molecule has 0 saturated carbocycles. The molecule has 33 heavy (non-hydrogen) atoms. The van der Waals surface area contributed by atoms with Crippen molar-refractivity contribution < 1.29 is 0 Å². The molecule has 0 bridgehead atoms. The van der Waals surface area contributed by atoms with Gasteiger partial charge in [-0.1, -0.05) is 140 Å².